The number of benzene rings is 2. The van der Waals surface area contributed by atoms with Crippen LogP contribution in [-0.4, -0.2) is 22.0 Å². The molecule has 29 heavy (non-hydrogen) atoms. The van der Waals surface area contributed by atoms with Crippen molar-refractivity contribution in [2.24, 2.45) is 5.92 Å². The number of rotatable bonds is 7. The summed E-state index contributed by atoms with van der Waals surface area (Å²) in [5.41, 5.74) is 2.57. The first-order valence-electron chi connectivity index (χ1n) is 8.68. The van der Waals surface area contributed by atoms with Crippen LogP contribution in [0.15, 0.2) is 53.9 Å². The van der Waals surface area contributed by atoms with Crippen LogP contribution in [0.5, 0.6) is 0 Å². The number of halogens is 1. The van der Waals surface area contributed by atoms with Crippen molar-refractivity contribution in [3.8, 4) is 17.3 Å². The topological polar surface area (TPSA) is 103 Å². The second-order valence-electron chi connectivity index (χ2n) is 6.32. The van der Waals surface area contributed by atoms with Crippen molar-refractivity contribution in [3.05, 3.63) is 70.1 Å². The molecule has 0 saturated carbocycles. The maximum Gasteiger partial charge on any atom is 0.304 e. The van der Waals surface area contributed by atoms with Crippen molar-refractivity contribution in [1.82, 2.24) is 4.98 Å². The monoisotopic (exact) mass is 425 g/mol. The second-order valence-corrected chi connectivity index (χ2v) is 7.58. The zero-order valence-corrected chi connectivity index (χ0v) is 16.7. The SMILES string of the molecule is N#Cc1cccc(CC(CC(=O)O)C(=O)Nc2nc(-c3ccccc3Cl)cs2)c1. The largest absolute Gasteiger partial charge is 0.481 e. The van der Waals surface area contributed by atoms with E-state index in [0.717, 1.165) is 11.1 Å². The molecule has 1 heterocycles. The molecule has 0 aliphatic rings. The number of carboxylic acids is 1. The molecule has 0 spiro atoms. The van der Waals surface area contributed by atoms with Crippen LogP contribution < -0.4 is 5.32 Å². The number of aliphatic carboxylic acids is 1. The fourth-order valence-electron chi connectivity index (χ4n) is 2.85. The van der Waals surface area contributed by atoms with Crippen molar-refractivity contribution in [1.29, 1.82) is 5.26 Å². The van der Waals surface area contributed by atoms with Crippen LogP contribution >= 0.6 is 22.9 Å². The van der Waals surface area contributed by atoms with Gasteiger partial charge in [-0.25, -0.2) is 4.98 Å². The van der Waals surface area contributed by atoms with Gasteiger partial charge in [0, 0.05) is 16.0 Å². The minimum Gasteiger partial charge on any atom is -0.481 e. The van der Waals surface area contributed by atoms with Crippen LogP contribution in [0.3, 0.4) is 0 Å². The number of carboxylic acid groups (broad SMARTS) is 1. The van der Waals surface area contributed by atoms with Gasteiger partial charge in [-0.15, -0.1) is 11.3 Å². The lowest BCUT2D eigenvalue weighted by molar-refractivity contribution is -0.140. The van der Waals surface area contributed by atoms with Gasteiger partial charge < -0.3 is 10.4 Å². The van der Waals surface area contributed by atoms with E-state index in [-0.39, 0.29) is 12.8 Å². The van der Waals surface area contributed by atoms with E-state index in [4.69, 9.17) is 16.9 Å². The average Bonchev–Trinajstić information content (AvgIpc) is 3.15. The summed E-state index contributed by atoms with van der Waals surface area (Å²) in [6.45, 7) is 0. The van der Waals surface area contributed by atoms with Crippen LogP contribution in [0, 0.1) is 17.2 Å². The highest BCUT2D eigenvalue weighted by Gasteiger charge is 2.23. The van der Waals surface area contributed by atoms with E-state index < -0.39 is 17.8 Å². The summed E-state index contributed by atoms with van der Waals surface area (Å²) in [6.07, 6.45) is -0.123. The zero-order chi connectivity index (χ0) is 20.8. The fourth-order valence-corrected chi connectivity index (χ4v) is 3.80. The number of thiazole rings is 1. The summed E-state index contributed by atoms with van der Waals surface area (Å²) < 4.78 is 0. The van der Waals surface area contributed by atoms with Crippen LogP contribution in [0.1, 0.15) is 17.5 Å². The number of amides is 1. The van der Waals surface area contributed by atoms with E-state index in [1.165, 1.54) is 11.3 Å². The number of nitrogens with one attached hydrogen (secondary N) is 1. The zero-order valence-electron chi connectivity index (χ0n) is 15.1. The third-order valence-corrected chi connectivity index (χ3v) is 5.30. The summed E-state index contributed by atoms with van der Waals surface area (Å²) in [5.74, 6) is -2.30. The number of nitriles is 1. The van der Waals surface area contributed by atoms with Gasteiger partial charge in [0.15, 0.2) is 5.13 Å². The lowest BCUT2D eigenvalue weighted by atomic mass is 9.94. The summed E-state index contributed by atoms with van der Waals surface area (Å²) in [6, 6.07) is 16.1. The second kappa shape index (κ2) is 9.32. The summed E-state index contributed by atoms with van der Waals surface area (Å²) >= 11 is 7.42. The Balaban J connectivity index is 1.76. The van der Waals surface area contributed by atoms with E-state index in [9.17, 15) is 14.7 Å². The van der Waals surface area contributed by atoms with E-state index in [1.807, 2.05) is 24.3 Å². The van der Waals surface area contributed by atoms with Crippen molar-refractivity contribution in [2.75, 3.05) is 5.32 Å². The first-order chi connectivity index (χ1) is 14.0. The Labute approximate surface area is 176 Å². The molecule has 1 atom stereocenters. The van der Waals surface area contributed by atoms with Crippen LogP contribution in [-0.2, 0) is 16.0 Å². The molecule has 0 bridgehead atoms. The maximum absolute atomic E-state index is 12.7. The van der Waals surface area contributed by atoms with Crippen molar-refractivity contribution in [2.45, 2.75) is 12.8 Å². The molecular weight excluding hydrogens is 410 g/mol. The highest BCUT2D eigenvalue weighted by molar-refractivity contribution is 7.14. The summed E-state index contributed by atoms with van der Waals surface area (Å²) in [5, 5.41) is 23.6. The van der Waals surface area contributed by atoms with Crippen LogP contribution in [0.2, 0.25) is 5.02 Å². The smallest absolute Gasteiger partial charge is 0.304 e. The molecule has 1 amide bonds. The molecule has 3 aromatic rings. The average molecular weight is 426 g/mol. The van der Waals surface area contributed by atoms with Crippen molar-refractivity contribution >= 4 is 39.9 Å². The summed E-state index contributed by atoms with van der Waals surface area (Å²) in [4.78, 5) is 28.4. The molecule has 0 aliphatic heterocycles. The molecule has 2 aromatic carbocycles. The molecule has 0 aliphatic carbocycles. The van der Waals surface area contributed by atoms with Gasteiger partial charge in [0.25, 0.3) is 0 Å². The molecule has 2 N–H and O–H groups in total. The number of aromatic nitrogens is 1. The van der Waals surface area contributed by atoms with Gasteiger partial charge >= 0.3 is 5.97 Å². The Morgan fingerprint density at radius 1 is 1.24 bits per heavy atom. The van der Waals surface area contributed by atoms with Gasteiger partial charge in [-0.2, -0.15) is 5.26 Å². The first-order valence-corrected chi connectivity index (χ1v) is 9.94. The van der Waals surface area contributed by atoms with Gasteiger partial charge in [0.2, 0.25) is 5.91 Å². The van der Waals surface area contributed by atoms with Gasteiger partial charge in [-0.1, -0.05) is 41.9 Å². The van der Waals surface area contributed by atoms with E-state index in [2.05, 4.69) is 10.3 Å². The summed E-state index contributed by atoms with van der Waals surface area (Å²) in [7, 11) is 0. The van der Waals surface area contributed by atoms with Crippen molar-refractivity contribution < 1.29 is 14.7 Å². The fraction of sp³-hybridized carbons (Fsp3) is 0.143. The number of hydrogen-bond acceptors (Lipinski definition) is 5. The number of carbonyl (C=O) groups excluding carboxylic acids is 1. The van der Waals surface area contributed by atoms with E-state index >= 15 is 0 Å². The number of anilines is 1. The number of nitrogens with zero attached hydrogens (tertiary/aromatic N) is 2. The number of hydrogen-bond donors (Lipinski definition) is 2. The molecule has 146 valence electrons. The highest BCUT2D eigenvalue weighted by Crippen LogP contribution is 2.30. The minimum atomic E-state index is -1.07. The van der Waals surface area contributed by atoms with Gasteiger partial charge in [0.05, 0.1) is 29.7 Å². The lowest BCUT2D eigenvalue weighted by Gasteiger charge is -2.14. The molecule has 0 radical (unpaired) electrons. The van der Waals surface area contributed by atoms with Crippen molar-refractivity contribution in [3.63, 3.8) is 0 Å². The molecule has 8 heteroatoms. The lowest BCUT2D eigenvalue weighted by Crippen LogP contribution is -2.27. The highest BCUT2D eigenvalue weighted by atomic mass is 35.5. The Bertz CT molecular complexity index is 1090. The molecule has 0 saturated heterocycles. The maximum atomic E-state index is 12.7. The van der Waals surface area contributed by atoms with Gasteiger partial charge in [-0.3, -0.25) is 9.59 Å². The standard InChI is InChI=1S/C21H16ClN3O3S/c22-17-7-2-1-6-16(17)18-12-29-21(24-18)25-20(28)15(10-19(26)27)9-13-4-3-5-14(8-13)11-23/h1-8,12,15H,9-10H2,(H,26,27)(H,24,25,28). The Morgan fingerprint density at radius 2 is 2.03 bits per heavy atom. The van der Waals surface area contributed by atoms with Gasteiger partial charge in [-0.05, 0) is 30.2 Å². The van der Waals surface area contributed by atoms with Crippen LogP contribution in [0.4, 0.5) is 5.13 Å². The Morgan fingerprint density at radius 3 is 2.76 bits per heavy atom. The molecular formula is C21H16ClN3O3S. The third-order valence-electron chi connectivity index (χ3n) is 4.21. The Kier molecular flexibility index (Phi) is 6.60. The third kappa shape index (κ3) is 5.41. The first kappa shape index (κ1) is 20.5. The Hall–Kier alpha value is -3.21. The molecule has 1 aromatic heterocycles. The molecule has 3 rings (SSSR count). The van der Waals surface area contributed by atoms with Gasteiger partial charge in [0.1, 0.15) is 0 Å². The predicted molar refractivity (Wildman–Crippen MR) is 112 cm³/mol. The molecule has 6 nitrogen and oxygen atoms in total. The molecule has 0 fully saturated rings. The predicted octanol–water partition coefficient (Wildman–Crippen LogP) is 4.61. The molecule has 1 unspecified atom stereocenters. The minimum absolute atomic E-state index is 0.205. The number of carbonyl (C=O) groups is 2. The van der Waals surface area contributed by atoms with E-state index in [0.29, 0.717) is 21.4 Å². The van der Waals surface area contributed by atoms with E-state index in [1.54, 1.807) is 35.7 Å². The van der Waals surface area contributed by atoms with Crippen LogP contribution in [0.25, 0.3) is 11.3 Å². The quantitative estimate of drug-likeness (QED) is 0.575. The normalized spacial score (nSPS) is 11.4.